The Bertz CT molecular complexity index is 276. The van der Waals surface area contributed by atoms with Gasteiger partial charge >= 0.3 is 0 Å². The van der Waals surface area contributed by atoms with Crippen LogP contribution in [0.3, 0.4) is 0 Å². The molecule has 0 heterocycles. The maximum atomic E-state index is 9.79. The van der Waals surface area contributed by atoms with Gasteiger partial charge in [0.2, 0.25) is 0 Å². The molecule has 12 heavy (non-hydrogen) atoms. The van der Waals surface area contributed by atoms with E-state index in [0.29, 0.717) is 0 Å². The van der Waals surface area contributed by atoms with Crippen molar-refractivity contribution in [3.05, 3.63) is 24.3 Å². The smallest absolute Gasteiger partial charge is 0.195 e. The molecule has 0 aliphatic heterocycles. The molecule has 0 radical (unpaired) electrons. The molecular formula is C10H10O2. The number of carbonyl (C=O) groups excluding carboxylic acids is 2. The summed E-state index contributed by atoms with van der Waals surface area (Å²) in [6.45, 7) is 2.50. The Kier molecular flexibility index (Phi) is 2.38. The molecule has 2 rings (SSSR count). The van der Waals surface area contributed by atoms with Crippen molar-refractivity contribution < 1.29 is 9.59 Å². The molecule has 0 saturated carbocycles. The predicted molar refractivity (Wildman–Crippen MR) is 46.8 cm³/mol. The van der Waals surface area contributed by atoms with Crippen molar-refractivity contribution in [2.75, 3.05) is 0 Å². The van der Waals surface area contributed by atoms with Crippen molar-refractivity contribution in [1.82, 2.24) is 0 Å². The van der Waals surface area contributed by atoms with Gasteiger partial charge in [0, 0.05) is 13.8 Å². The largest absolute Gasteiger partial charge is 0.291 e. The molecule has 0 saturated heterocycles. The lowest BCUT2D eigenvalue weighted by atomic mass is 9.95. The van der Waals surface area contributed by atoms with Crippen molar-refractivity contribution in [2.24, 2.45) is 0 Å². The highest BCUT2D eigenvalue weighted by Crippen LogP contribution is 2.29. The Hall–Kier alpha value is -1.44. The lowest BCUT2D eigenvalue weighted by Crippen LogP contribution is -2.01. The van der Waals surface area contributed by atoms with Crippen LogP contribution in [0.4, 0.5) is 0 Å². The van der Waals surface area contributed by atoms with Crippen LogP contribution in [0.15, 0.2) is 24.3 Å². The minimum Gasteiger partial charge on any atom is -0.291 e. The second-order valence-electron chi connectivity index (χ2n) is 2.69. The Balaban J connectivity index is 0.000000120. The van der Waals surface area contributed by atoms with E-state index in [-0.39, 0.29) is 11.6 Å². The van der Waals surface area contributed by atoms with E-state index in [1.165, 1.54) is 25.0 Å². The van der Waals surface area contributed by atoms with E-state index < -0.39 is 0 Å². The molecule has 0 N–H and O–H groups in total. The fraction of sp³-hybridized carbons (Fsp3) is 0.200. The maximum absolute atomic E-state index is 9.79. The summed E-state index contributed by atoms with van der Waals surface area (Å²) in [6.07, 6.45) is 0. The fourth-order valence-corrected chi connectivity index (χ4v) is 0.663. The first-order chi connectivity index (χ1) is 5.61. The van der Waals surface area contributed by atoms with Crippen LogP contribution in [-0.4, -0.2) is 11.6 Å². The average molecular weight is 162 g/mol. The first-order valence-corrected chi connectivity index (χ1v) is 3.73. The number of hydrogen-bond donors (Lipinski definition) is 0. The molecule has 0 unspecified atom stereocenters. The first-order valence-electron chi connectivity index (χ1n) is 3.73. The van der Waals surface area contributed by atoms with Crippen LogP contribution in [0.25, 0.3) is 11.1 Å². The zero-order chi connectivity index (χ0) is 9.14. The topological polar surface area (TPSA) is 34.1 Å². The van der Waals surface area contributed by atoms with Crippen molar-refractivity contribution in [2.45, 2.75) is 13.8 Å². The number of Topliss-reactive ketones (excluding diaryl/α,β-unsaturated/α-hetero) is 2. The molecule has 0 aromatic heterocycles. The minimum absolute atomic E-state index is 0.380. The molecule has 0 amide bonds. The number of rotatable bonds is 1. The normalized spacial score (nSPS) is 9.50. The quantitative estimate of drug-likeness (QED) is 0.599. The van der Waals surface area contributed by atoms with Gasteiger partial charge in [0.15, 0.2) is 11.6 Å². The standard InChI is InChI=1S/C6H4.C4H6O2/c1-2-6-4-3-5(1)6;1-3(5)4(2)6/h1-4H;1-2H3. The van der Waals surface area contributed by atoms with E-state index in [2.05, 4.69) is 24.3 Å². The van der Waals surface area contributed by atoms with Gasteiger partial charge in [-0.3, -0.25) is 9.59 Å². The summed E-state index contributed by atoms with van der Waals surface area (Å²) < 4.78 is 0. The van der Waals surface area contributed by atoms with Crippen molar-refractivity contribution in [1.29, 1.82) is 0 Å². The average Bonchev–Trinajstić information content (AvgIpc) is 1.97. The predicted octanol–water partition coefficient (Wildman–Crippen LogP) is 1.83. The molecule has 2 nitrogen and oxygen atoms in total. The van der Waals surface area contributed by atoms with Gasteiger partial charge in [-0.25, -0.2) is 0 Å². The zero-order valence-corrected chi connectivity index (χ0v) is 7.13. The Morgan fingerprint density at radius 1 is 0.833 bits per heavy atom. The van der Waals surface area contributed by atoms with Gasteiger partial charge in [0.25, 0.3) is 0 Å². The Morgan fingerprint density at radius 3 is 1.08 bits per heavy atom. The van der Waals surface area contributed by atoms with Crippen LogP contribution in [0.1, 0.15) is 13.8 Å². The third-order valence-corrected chi connectivity index (χ3v) is 1.71. The summed E-state index contributed by atoms with van der Waals surface area (Å²) in [7, 11) is 0. The number of ketones is 2. The molecular weight excluding hydrogens is 152 g/mol. The van der Waals surface area contributed by atoms with Gasteiger partial charge in [0.05, 0.1) is 0 Å². The lowest BCUT2D eigenvalue weighted by Gasteiger charge is -2.10. The molecule has 0 bridgehead atoms. The van der Waals surface area contributed by atoms with Gasteiger partial charge in [-0.15, -0.1) is 0 Å². The van der Waals surface area contributed by atoms with Crippen molar-refractivity contribution in [3.63, 3.8) is 0 Å². The Morgan fingerprint density at radius 2 is 1.08 bits per heavy atom. The summed E-state index contributed by atoms with van der Waals surface area (Å²) in [5, 5.41) is 0. The number of carbonyl (C=O) groups is 2. The van der Waals surface area contributed by atoms with E-state index in [9.17, 15) is 9.59 Å². The molecule has 0 atom stereocenters. The van der Waals surface area contributed by atoms with Gasteiger partial charge < -0.3 is 0 Å². The molecule has 2 aliphatic rings. The molecule has 2 aliphatic carbocycles. The van der Waals surface area contributed by atoms with Crippen LogP contribution in [0, 0.1) is 0 Å². The highest BCUT2D eigenvalue weighted by molar-refractivity contribution is 6.35. The second-order valence-corrected chi connectivity index (χ2v) is 2.69. The summed E-state index contributed by atoms with van der Waals surface area (Å²) >= 11 is 0. The van der Waals surface area contributed by atoms with Gasteiger partial charge in [0.1, 0.15) is 0 Å². The van der Waals surface area contributed by atoms with Crippen molar-refractivity contribution >= 4 is 11.6 Å². The number of benzene rings is 1. The van der Waals surface area contributed by atoms with Gasteiger partial charge in [-0.1, -0.05) is 24.3 Å². The molecule has 0 fully saturated rings. The van der Waals surface area contributed by atoms with Crippen LogP contribution in [0.5, 0.6) is 0 Å². The van der Waals surface area contributed by atoms with Crippen LogP contribution in [0.2, 0.25) is 0 Å². The molecule has 62 valence electrons. The molecule has 2 heteroatoms. The Labute approximate surface area is 71.2 Å². The summed E-state index contributed by atoms with van der Waals surface area (Å²) in [4.78, 5) is 19.6. The van der Waals surface area contributed by atoms with Crippen molar-refractivity contribution in [3.8, 4) is 11.1 Å². The van der Waals surface area contributed by atoms with Gasteiger partial charge in [-0.05, 0) is 11.1 Å². The number of fused-ring (bicyclic) bond motifs is 1. The first kappa shape index (κ1) is 8.65. The minimum atomic E-state index is -0.380. The van der Waals surface area contributed by atoms with E-state index in [1.54, 1.807) is 0 Å². The molecule has 0 aromatic carbocycles. The lowest BCUT2D eigenvalue weighted by molar-refractivity contribution is -0.134. The number of hydrogen-bond acceptors (Lipinski definition) is 2. The highest BCUT2D eigenvalue weighted by atomic mass is 16.2. The van der Waals surface area contributed by atoms with Gasteiger partial charge in [-0.2, -0.15) is 0 Å². The zero-order valence-electron chi connectivity index (χ0n) is 7.13. The van der Waals surface area contributed by atoms with Crippen LogP contribution < -0.4 is 0 Å². The SMILES string of the molecule is CC(=O)C(C)=O.c1cc2ccc1-2. The molecule has 0 spiro atoms. The second kappa shape index (κ2) is 3.30. The maximum Gasteiger partial charge on any atom is 0.195 e. The summed E-state index contributed by atoms with van der Waals surface area (Å²) in [5.74, 6) is -0.759. The third-order valence-electron chi connectivity index (χ3n) is 1.71. The van der Waals surface area contributed by atoms with E-state index in [0.717, 1.165) is 0 Å². The third kappa shape index (κ3) is 1.78. The fourth-order valence-electron chi connectivity index (χ4n) is 0.663. The van der Waals surface area contributed by atoms with Crippen LogP contribution >= 0.6 is 0 Å². The van der Waals surface area contributed by atoms with E-state index in [1.807, 2.05) is 0 Å². The summed E-state index contributed by atoms with van der Waals surface area (Å²) in [5.41, 5.74) is 2.85. The van der Waals surface area contributed by atoms with Crippen LogP contribution in [-0.2, 0) is 9.59 Å². The summed E-state index contributed by atoms with van der Waals surface area (Å²) in [6, 6.07) is 8.48. The molecule has 0 aromatic rings. The van der Waals surface area contributed by atoms with E-state index in [4.69, 9.17) is 0 Å². The monoisotopic (exact) mass is 162 g/mol. The van der Waals surface area contributed by atoms with E-state index >= 15 is 0 Å². The highest BCUT2D eigenvalue weighted by Gasteiger charge is 2.03.